The Morgan fingerprint density at radius 1 is 1.65 bits per heavy atom. The topological polar surface area (TPSA) is 106 Å². The third kappa shape index (κ3) is 3.15. The summed E-state index contributed by atoms with van der Waals surface area (Å²) in [6.45, 7) is 0. The lowest BCUT2D eigenvalue weighted by Crippen LogP contribution is -2.21. The Labute approximate surface area is 107 Å². The second kappa shape index (κ2) is 5.95. The lowest BCUT2D eigenvalue weighted by Gasteiger charge is -2.17. The molecule has 94 valence electrons. The summed E-state index contributed by atoms with van der Waals surface area (Å²) in [6, 6.07) is 1.35. The van der Waals surface area contributed by atoms with Crippen LogP contribution in [0.5, 0.6) is 0 Å². The molecule has 6 nitrogen and oxygen atoms in total. The monoisotopic (exact) mass is 304 g/mol. The predicted octanol–water partition coefficient (Wildman–Crippen LogP) is 0.240. The summed E-state index contributed by atoms with van der Waals surface area (Å²) < 4.78 is 4.52. The number of hydrogen-bond acceptors (Lipinski definition) is 6. The number of ether oxygens (including phenoxy) is 1. The zero-order valence-electron chi connectivity index (χ0n) is 9.13. The maximum absolute atomic E-state index is 11.3. The Bertz CT molecular complexity index is 413. The van der Waals surface area contributed by atoms with Gasteiger partial charge in [-0.2, -0.15) is 0 Å². The molecule has 2 unspecified atom stereocenters. The summed E-state index contributed by atoms with van der Waals surface area (Å²) in [7, 11) is 1.24. The van der Waals surface area contributed by atoms with E-state index in [0.717, 1.165) is 0 Å². The number of esters is 1. The number of nitrogens with zero attached hydrogens (tertiary/aromatic N) is 1. The normalized spacial score (nSPS) is 14.1. The van der Waals surface area contributed by atoms with Crippen LogP contribution in [0, 0.1) is 0 Å². The van der Waals surface area contributed by atoms with E-state index in [9.17, 15) is 15.0 Å². The summed E-state index contributed by atoms with van der Waals surface area (Å²) in [5, 5.41) is 19.5. The molecule has 0 saturated heterocycles. The van der Waals surface area contributed by atoms with Gasteiger partial charge < -0.3 is 20.7 Å². The van der Waals surface area contributed by atoms with Crippen LogP contribution in [0.1, 0.15) is 22.0 Å². The highest BCUT2D eigenvalue weighted by Gasteiger charge is 2.21. The molecular weight excluding hydrogens is 292 g/mol. The Morgan fingerprint density at radius 3 is 2.82 bits per heavy atom. The number of hydrogen-bond donors (Lipinski definition) is 3. The highest BCUT2D eigenvalue weighted by molar-refractivity contribution is 9.09. The number of halogens is 1. The second-order valence-corrected chi connectivity index (χ2v) is 4.00. The van der Waals surface area contributed by atoms with Crippen LogP contribution in [-0.4, -0.2) is 39.7 Å². The van der Waals surface area contributed by atoms with Gasteiger partial charge in [0.2, 0.25) is 0 Å². The molecule has 0 spiro atoms. The van der Waals surface area contributed by atoms with Gasteiger partial charge in [0.25, 0.3) is 0 Å². The van der Waals surface area contributed by atoms with Gasteiger partial charge in [0, 0.05) is 17.1 Å². The van der Waals surface area contributed by atoms with Crippen molar-refractivity contribution < 1.29 is 19.7 Å². The molecular formula is C10H13BrN2O4. The fraction of sp³-hybridized carbons (Fsp3) is 0.400. The highest BCUT2D eigenvalue weighted by Crippen LogP contribution is 2.23. The SMILES string of the molecule is COC(=O)c1cnc(N)c(C(O)C(O)CBr)c1. The Morgan fingerprint density at radius 2 is 2.29 bits per heavy atom. The van der Waals surface area contributed by atoms with E-state index >= 15 is 0 Å². The Kier molecular flexibility index (Phi) is 4.86. The first-order chi connectivity index (χ1) is 8.01. The molecule has 0 bridgehead atoms. The van der Waals surface area contributed by atoms with Gasteiger partial charge in [-0.15, -0.1) is 0 Å². The fourth-order valence-corrected chi connectivity index (χ4v) is 1.60. The largest absolute Gasteiger partial charge is 0.465 e. The van der Waals surface area contributed by atoms with Gasteiger partial charge in [-0.05, 0) is 6.07 Å². The quantitative estimate of drug-likeness (QED) is 0.543. The molecule has 1 aromatic heterocycles. The first kappa shape index (κ1) is 13.9. The number of rotatable bonds is 4. The number of aliphatic hydroxyl groups excluding tert-OH is 2. The zero-order chi connectivity index (χ0) is 13.0. The van der Waals surface area contributed by atoms with Gasteiger partial charge in [0.15, 0.2) is 0 Å². The van der Waals surface area contributed by atoms with E-state index in [4.69, 9.17) is 5.73 Å². The zero-order valence-corrected chi connectivity index (χ0v) is 10.7. The number of anilines is 1. The molecule has 1 heterocycles. The van der Waals surface area contributed by atoms with E-state index in [1.807, 2.05) is 0 Å². The third-order valence-electron chi connectivity index (χ3n) is 2.21. The van der Waals surface area contributed by atoms with Crippen molar-refractivity contribution in [2.24, 2.45) is 0 Å². The molecule has 17 heavy (non-hydrogen) atoms. The number of carbonyl (C=O) groups excluding carboxylic acids is 1. The van der Waals surface area contributed by atoms with Crippen LogP contribution >= 0.6 is 15.9 Å². The lowest BCUT2D eigenvalue weighted by molar-refractivity contribution is 0.0344. The van der Waals surface area contributed by atoms with Crippen LogP contribution in [0.3, 0.4) is 0 Å². The maximum Gasteiger partial charge on any atom is 0.339 e. The van der Waals surface area contributed by atoms with E-state index in [1.54, 1.807) is 0 Å². The number of aromatic nitrogens is 1. The average molecular weight is 305 g/mol. The fourth-order valence-electron chi connectivity index (χ4n) is 1.25. The van der Waals surface area contributed by atoms with Crippen LogP contribution in [0.15, 0.2) is 12.3 Å². The summed E-state index contributed by atoms with van der Waals surface area (Å²) >= 11 is 3.04. The van der Waals surface area contributed by atoms with Crippen molar-refractivity contribution in [3.63, 3.8) is 0 Å². The molecule has 0 aliphatic heterocycles. The second-order valence-electron chi connectivity index (χ2n) is 3.36. The molecule has 0 aliphatic carbocycles. The molecule has 7 heteroatoms. The van der Waals surface area contributed by atoms with Crippen molar-refractivity contribution in [1.82, 2.24) is 4.98 Å². The Balaban J connectivity index is 3.10. The average Bonchev–Trinajstić information content (AvgIpc) is 2.36. The maximum atomic E-state index is 11.3. The van der Waals surface area contributed by atoms with Crippen molar-refractivity contribution >= 4 is 27.7 Å². The van der Waals surface area contributed by atoms with Gasteiger partial charge in [-0.3, -0.25) is 0 Å². The van der Waals surface area contributed by atoms with Crippen molar-refractivity contribution in [1.29, 1.82) is 0 Å². The number of pyridine rings is 1. The minimum Gasteiger partial charge on any atom is -0.465 e. The van der Waals surface area contributed by atoms with Crippen LogP contribution in [-0.2, 0) is 4.74 Å². The number of methoxy groups -OCH3 is 1. The van der Waals surface area contributed by atoms with Crippen LogP contribution < -0.4 is 5.73 Å². The number of nitrogen functional groups attached to an aromatic ring is 1. The summed E-state index contributed by atoms with van der Waals surface area (Å²) in [6.07, 6.45) is -1.00. The number of carbonyl (C=O) groups is 1. The summed E-state index contributed by atoms with van der Waals surface area (Å²) in [5.41, 5.74) is 5.93. The number of alkyl halides is 1. The van der Waals surface area contributed by atoms with Gasteiger partial charge in [0.1, 0.15) is 11.9 Å². The molecule has 2 atom stereocenters. The van der Waals surface area contributed by atoms with Crippen molar-refractivity contribution in [3.05, 3.63) is 23.4 Å². The number of nitrogens with two attached hydrogens (primary N) is 1. The van der Waals surface area contributed by atoms with E-state index in [-0.39, 0.29) is 22.3 Å². The third-order valence-corrected chi connectivity index (χ3v) is 2.88. The van der Waals surface area contributed by atoms with E-state index in [2.05, 4.69) is 25.7 Å². The minimum absolute atomic E-state index is 0.0603. The van der Waals surface area contributed by atoms with E-state index < -0.39 is 18.2 Å². The first-order valence-electron chi connectivity index (χ1n) is 4.77. The molecule has 0 fully saturated rings. The van der Waals surface area contributed by atoms with Crippen molar-refractivity contribution in [2.45, 2.75) is 12.2 Å². The van der Waals surface area contributed by atoms with Crippen LogP contribution in [0.2, 0.25) is 0 Å². The van der Waals surface area contributed by atoms with E-state index in [0.29, 0.717) is 0 Å². The van der Waals surface area contributed by atoms with Crippen LogP contribution in [0.4, 0.5) is 5.82 Å². The van der Waals surface area contributed by atoms with Crippen LogP contribution in [0.25, 0.3) is 0 Å². The van der Waals surface area contributed by atoms with Gasteiger partial charge in [-0.1, -0.05) is 15.9 Å². The molecule has 1 rings (SSSR count). The van der Waals surface area contributed by atoms with Gasteiger partial charge in [0.05, 0.1) is 18.8 Å². The van der Waals surface area contributed by atoms with Gasteiger partial charge >= 0.3 is 5.97 Å². The minimum atomic E-state index is -1.22. The summed E-state index contributed by atoms with van der Waals surface area (Å²) in [4.78, 5) is 15.1. The molecule has 0 radical (unpaired) electrons. The molecule has 4 N–H and O–H groups in total. The highest BCUT2D eigenvalue weighted by atomic mass is 79.9. The Hall–Kier alpha value is -1.18. The molecule has 0 aliphatic rings. The molecule has 0 saturated carbocycles. The summed E-state index contributed by atoms with van der Waals surface area (Å²) in [5.74, 6) is -0.524. The standard InChI is InChI=1S/C10H13BrN2O4/c1-17-10(16)5-2-6(9(12)13-4-5)8(15)7(14)3-11/h2,4,7-8,14-15H,3H2,1H3,(H2,12,13). The van der Waals surface area contributed by atoms with Crippen molar-refractivity contribution in [3.8, 4) is 0 Å². The van der Waals surface area contributed by atoms with E-state index in [1.165, 1.54) is 19.4 Å². The molecule has 1 aromatic rings. The smallest absolute Gasteiger partial charge is 0.339 e. The van der Waals surface area contributed by atoms with Gasteiger partial charge in [-0.25, -0.2) is 9.78 Å². The van der Waals surface area contributed by atoms with Crippen molar-refractivity contribution in [2.75, 3.05) is 18.2 Å². The molecule has 0 aromatic carbocycles. The molecule has 0 amide bonds. The first-order valence-corrected chi connectivity index (χ1v) is 5.89. The lowest BCUT2D eigenvalue weighted by atomic mass is 10.0. The number of aliphatic hydroxyl groups is 2. The predicted molar refractivity (Wildman–Crippen MR) is 64.7 cm³/mol.